The predicted molar refractivity (Wildman–Crippen MR) is 120 cm³/mol. The third-order valence-corrected chi connectivity index (χ3v) is 4.92. The highest BCUT2D eigenvalue weighted by Gasteiger charge is 2.08. The topological polar surface area (TPSA) is 59.9 Å². The van der Waals surface area contributed by atoms with Gasteiger partial charge in [-0.2, -0.15) is 5.10 Å². The van der Waals surface area contributed by atoms with Gasteiger partial charge in [0.2, 0.25) is 0 Å². The molecule has 0 bridgehead atoms. The van der Waals surface area contributed by atoms with E-state index in [2.05, 4.69) is 10.5 Å². The van der Waals surface area contributed by atoms with Gasteiger partial charge in [-0.3, -0.25) is 4.79 Å². The van der Waals surface area contributed by atoms with Crippen LogP contribution in [0.1, 0.15) is 32.6 Å². The molecule has 6 heteroatoms. The van der Waals surface area contributed by atoms with Crippen molar-refractivity contribution in [3.63, 3.8) is 0 Å². The number of hydrogen-bond acceptors (Lipinski definition) is 4. The molecule has 1 amide bonds. The van der Waals surface area contributed by atoms with E-state index in [1.54, 1.807) is 37.6 Å². The molecular weight excluding hydrogens is 400 g/mol. The monoisotopic (exact) mass is 422 g/mol. The summed E-state index contributed by atoms with van der Waals surface area (Å²) < 4.78 is 11.3. The van der Waals surface area contributed by atoms with Crippen LogP contribution in [-0.2, 0) is 6.61 Å². The number of benzene rings is 3. The number of halogens is 1. The zero-order valence-corrected chi connectivity index (χ0v) is 17.9. The van der Waals surface area contributed by atoms with Gasteiger partial charge in [0, 0.05) is 10.6 Å². The molecular formula is C24H23ClN2O3. The molecule has 0 fully saturated rings. The van der Waals surface area contributed by atoms with Gasteiger partial charge in [0.05, 0.1) is 13.3 Å². The lowest BCUT2D eigenvalue weighted by Crippen LogP contribution is -2.17. The van der Waals surface area contributed by atoms with Crippen molar-refractivity contribution < 1.29 is 14.3 Å². The fraction of sp³-hybridized carbons (Fsp3) is 0.167. The number of methoxy groups -OCH3 is 1. The van der Waals surface area contributed by atoms with Gasteiger partial charge in [-0.25, -0.2) is 5.43 Å². The van der Waals surface area contributed by atoms with Crippen LogP contribution < -0.4 is 14.9 Å². The molecule has 30 heavy (non-hydrogen) atoms. The van der Waals surface area contributed by atoms with Crippen LogP contribution in [0.4, 0.5) is 0 Å². The SMILES string of the molecule is COc1cc(/C=N\NC(=O)c2ccc(C)c(Cl)c2)ccc1OCc1ccc(C)cc1. The van der Waals surface area contributed by atoms with Gasteiger partial charge in [-0.1, -0.05) is 47.5 Å². The van der Waals surface area contributed by atoms with E-state index < -0.39 is 0 Å². The number of nitrogens with zero attached hydrogens (tertiary/aromatic N) is 1. The van der Waals surface area contributed by atoms with E-state index in [1.165, 1.54) is 5.56 Å². The molecule has 0 saturated carbocycles. The Bertz CT molecular complexity index is 1060. The summed E-state index contributed by atoms with van der Waals surface area (Å²) in [5.41, 5.74) is 6.90. The standard InChI is InChI=1S/C24H23ClN2O3/c1-16-4-7-18(8-5-16)15-30-22-11-9-19(12-23(22)29-3)14-26-27-24(28)20-10-6-17(2)21(25)13-20/h4-14H,15H2,1-3H3,(H,27,28)/b26-14-. The summed E-state index contributed by atoms with van der Waals surface area (Å²) in [6, 6.07) is 18.7. The molecule has 0 aliphatic rings. The second kappa shape index (κ2) is 9.94. The van der Waals surface area contributed by atoms with Crippen LogP contribution in [0.15, 0.2) is 65.8 Å². The Morgan fingerprint density at radius 2 is 1.80 bits per heavy atom. The summed E-state index contributed by atoms with van der Waals surface area (Å²) in [6.07, 6.45) is 1.54. The Hall–Kier alpha value is -3.31. The lowest BCUT2D eigenvalue weighted by atomic mass is 10.1. The van der Waals surface area contributed by atoms with Crippen molar-refractivity contribution in [3.8, 4) is 11.5 Å². The number of rotatable bonds is 7. The van der Waals surface area contributed by atoms with Crippen LogP contribution in [0.5, 0.6) is 11.5 Å². The van der Waals surface area contributed by atoms with E-state index in [9.17, 15) is 4.79 Å². The van der Waals surface area contributed by atoms with Gasteiger partial charge in [0.15, 0.2) is 11.5 Å². The number of aryl methyl sites for hydroxylation is 2. The molecule has 0 radical (unpaired) electrons. The van der Waals surface area contributed by atoms with E-state index in [4.69, 9.17) is 21.1 Å². The van der Waals surface area contributed by atoms with Crippen molar-refractivity contribution in [2.45, 2.75) is 20.5 Å². The summed E-state index contributed by atoms with van der Waals surface area (Å²) >= 11 is 6.06. The van der Waals surface area contributed by atoms with Crippen LogP contribution in [0.2, 0.25) is 5.02 Å². The average Bonchev–Trinajstić information content (AvgIpc) is 2.75. The fourth-order valence-corrected chi connectivity index (χ4v) is 2.87. The molecule has 0 aliphatic carbocycles. The predicted octanol–water partition coefficient (Wildman–Crippen LogP) is 5.31. The number of carbonyl (C=O) groups excluding carboxylic acids is 1. The molecule has 3 aromatic rings. The maximum Gasteiger partial charge on any atom is 0.271 e. The van der Waals surface area contributed by atoms with Gasteiger partial charge in [-0.05, 0) is 60.9 Å². The third kappa shape index (κ3) is 5.61. The highest BCUT2D eigenvalue weighted by Crippen LogP contribution is 2.28. The van der Waals surface area contributed by atoms with Crippen molar-refractivity contribution in [3.05, 3.63) is 93.5 Å². The first-order valence-corrected chi connectivity index (χ1v) is 9.80. The second-order valence-corrected chi connectivity index (χ2v) is 7.25. The number of carbonyl (C=O) groups is 1. The molecule has 0 spiro atoms. The molecule has 1 N–H and O–H groups in total. The number of nitrogens with one attached hydrogen (secondary N) is 1. The molecule has 5 nitrogen and oxygen atoms in total. The molecule has 0 aliphatic heterocycles. The van der Waals surface area contributed by atoms with Crippen LogP contribution in [0.3, 0.4) is 0 Å². The number of hydrazone groups is 1. The Morgan fingerprint density at radius 3 is 2.50 bits per heavy atom. The first-order chi connectivity index (χ1) is 14.5. The molecule has 3 aromatic carbocycles. The molecule has 0 heterocycles. The quantitative estimate of drug-likeness (QED) is 0.414. The van der Waals surface area contributed by atoms with Crippen LogP contribution in [0.25, 0.3) is 0 Å². The largest absolute Gasteiger partial charge is 0.493 e. The molecule has 0 atom stereocenters. The fourth-order valence-electron chi connectivity index (χ4n) is 2.69. The third-order valence-electron chi connectivity index (χ3n) is 4.52. The highest BCUT2D eigenvalue weighted by molar-refractivity contribution is 6.31. The van der Waals surface area contributed by atoms with Crippen LogP contribution in [-0.4, -0.2) is 19.2 Å². The highest BCUT2D eigenvalue weighted by atomic mass is 35.5. The van der Waals surface area contributed by atoms with Crippen LogP contribution in [0, 0.1) is 13.8 Å². The van der Waals surface area contributed by atoms with Crippen molar-refractivity contribution in [1.82, 2.24) is 5.43 Å². The molecule has 0 aromatic heterocycles. The van der Waals surface area contributed by atoms with Gasteiger partial charge in [0.1, 0.15) is 6.61 Å². The minimum Gasteiger partial charge on any atom is -0.493 e. The zero-order valence-electron chi connectivity index (χ0n) is 17.1. The van der Waals surface area contributed by atoms with Crippen molar-refractivity contribution in [2.75, 3.05) is 7.11 Å². The van der Waals surface area contributed by atoms with Crippen molar-refractivity contribution in [2.24, 2.45) is 5.10 Å². The average molecular weight is 423 g/mol. The molecule has 154 valence electrons. The summed E-state index contributed by atoms with van der Waals surface area (Å²) in [5.74, 6) is 0.884. The molecule has 0 saturated heterocycles. The first-order valence-electron chi connectivity index (χ1n) is 9.42. The van der Waals surface area contributed by atoms with Crippen molar-refractivity contribution >= 4 is 23.7 Å². The number of ether oxygens (including phenoxy) is 2. The Labute approximate surface area is 181 Å². The molecule has 3 rings (SSSR count). The van der Waals surface area contributed by atoms with E-state index in [0.717, 1.165) is 16.7 Å². The summed E-state index contributed by atoms with van der Waals surface area (Å²) in [4.78, 5) is 12.2. The number of hydrogen-bond donors (Lipinski definition) is 1. The van der Waals surface area contributed by atoms with Gasteiger partial charge >= 0.3 is 0 Å². The molecule has 0 unspecified atom stereocenters. The van der Waals surface area contributed by atoms with E-state index in [-0.39, 0.29) is 5.91 Å². The van der Waals surface area contributed by atoms with E-state index in [0.29, 0.717) is 28.7 Å². The normalized spacial score (nSPS) is 10.8. The maximum atomic E-state index is 12.2. The van der Waals surface area contributed by atoms with Crippen LogP contribution >= 0.6 is 11.6 Å². The Morgan fingerprint density at radius 1 is 1.03 bits per heavy atom. The van der Waals surface area contributed by atoms with E-state index >= 15 is 0 Å². The lowest BCUT2D eigenvalue weighted by molar-refractivity contribution is 0.0955. The Kier molecular flexibility index (Phi) is 7.09. The lowest BCUT2D eigenvalue weighted by Gasteiger charge is -2.11. The van der Waals surface area contributed by atoms with E-state index in [1.807, 2.05) is 50.2 Å². The van der Waals surface area contributed by atoms with Gasteiger partial charge in [0.25, 0.3) is 5.91 Å². The smallest absolute Gasteiger partial charge is 0.271 e. The number of amides is 1. The van der Waals surface area contributed by atoms with Gasteiger partial charge in [-0.15, -0.1) is 0 Å². The minimum atomic E-state index is -0.335. The summed E-state index contributed by atoms with van der Waals surface area (Å²) in [5, 5.41) is 4.55. The summed E-state index contributed by atoms with van der Waals surface area (Å²) in [7, 11) is 1.58. The minimum absolute atomic E-state index is 0.335. The first kappa shape index (κ1) is 21.4. The zero-order chi connectivity index (χ0) is 21.5. The maximum absolute atomic E-state index is 12.2. The second-order valence-electron chi connectivity index (χ2n) is 6.85. The summed E-state index contributed by atoms with van der Waals surface area (Å²) in [6.45, 7) is 4.37. The Balaban J connectivity index is 1.62. The van der Waals surface area contributed by atoms with Gasteiger partial charge < -0.3 is 9.47 Å². The van der Waals surface area contributed by atoms with Crippen molar-refractivity contribution in [1.29, 1.82) is 0 Å².